The Morgan fingerprint density at radius 2 is 2.00 bits per heavy atom. The second-order valence-electron chi connectivity index (χ2n) is 6.11. The van der Waals surface area contributed by atoms with Gasteiger partial charge in [-0.25, -0.2) is 4.98 Å². The van der Waals surface area contributed by atoms with Crippen molar-refractivity contribution in [2.45, 2.75) is 25.8 Å². The van der Waals surface area contributed by atoms with E-state index in [9.17, 15) is 4.79 Å². The van der Waals surface area contributed by atoms with Crippen molar-refractivity contribution < 1.29 is 13.6 Å². The molecule has 124 valence electrons. The average Bonchev–Trinajstić information content (AvgIpc) is 3.19. The fourth-order valence-electron chi connectivity index (χ4n) is 2.52. The Balaban J connectivity index is 1.77. The van der Waals surface area contributed by atoms with Crippen molar-refractivity contribution in [3.05, 3.63) is 65.3 Å². The lowest BCUT2D eigenvalue weighted by molar-refractivity contribution is 0.0908. The normalized spacial score (nSPS) is 11.5. The molecule has 0 aliphatic heterocycles. The molecular formula is C18H17ClN2O3. The molecule has 2 heterocycles. The quantitative estimate of drug-likeness (QED) is 0.747. The minimum atomic E-state index is -0.512. The van der Waals surface area contributed by atoms with Crippen LogP contribution in [0.1, 0.15) is 29.9 Å². The molecule has 0 unspecified atom stereocenters. The van der Waals surface area contributed by atoms with Gasteiger partial charge < -0.3 is 14.2 Å². The van der Waals surface area contributed by atoms with E-state index in [2.05, 4.69) is 10.3 Å². The number of hydrogen-bond donors (Lipinski definition) is 1. The number of amides is 1. The molecular weight excluding hydrogens is 328 g/mol. The summed E-state index contributed by atoms with van der Waals surface area (Å²) in [7, 11) is 0. The van der Waals surface area contributed by atoms with Crippen LogP contribution >= 0.6 is 11.6 Å². The van der Waals surface area contributed by atoms with Crippen molar-refractivity contribution in [1.82, 2.24) is 10.3 Å². The number of hydrogen-bond acceptors (Lipinski definition) is 4. The summed E-state index contributed by atoms with van der Waals surface area (Å²) in [6.45, 7) is 3.86. The Labute approximate surface area is 144 Å². The van der Waals surface area contributed by atoms with Crippen molar-refractivity contribution in [3.8, 4) is 11.5 Å². The lowest BCUT2D eigenvalue weighted by Crippen LogP contribution is -2.45. The van der Waals surface area contributed by atoms with E-state index >= 15 is 0 Å². The molecule has 0 saturated heterocycles. The van der Waals surface area contributed by atoms with Crippen LogP contribution in [0.4, 0.5) is 0 Å². The van der Waals surface area contributed by atoms with E-state index in [0.29, 0.717) is 23.0 Å². The molecule has 0 bridgehead atoms. The van der Waals surface area contributed by atoms with Gasteiger partial charge in [-0.15, -0.1) is 0 Å². The minimum Gasteiger partial charge on any atom is -0.461 e. The number of nitrogens with zero attached hydrogens (tertiary/aromatic N) is 1. The zero-order chi connectivity index (χ0) is 17.2. The summed E-state index contributed by atoms with van der Waals surface area (Å²) < 4.78 is 10.6. The van der Waals surface area contributed by atoms with Gasteiger partial charge in [0.05, 0.1) is 6.26 Å². The standard InChI is InChI=1S/C18H17ClN2O3/c1-18(2,10-12-6-3-4-7-13(12)19)21-17(22)15-16(24-11-20-15)14-8-5-9-23-14/h3-9,11H,10H2,1-2H3,(H,21,22). The van der Waals surface area contributed by atoms with Gasteiger partial charge in [0.15, 0.2) is 17.8 Å². The fraction of sp³-hybridized carbons (Fsp3) is 0.222. The number of rotatable bonds is 5. The topological polar surface area (TPSA) is 68.3 Å². The van der Waals surface area contributed by atoms with Crippen LogP contribution in [0.3, 0.4) is 0 Å². The minimum absolute atomic E-state index is 0.192. The predicted molar refractivity (Wildman–Crippen MR) is 90.9 cm³/mol. The van der Waals surface area contributed by atoms with Crippen LogP contribution < -0.4 is 5.32 Å². The second kappa shape index (κ2) is 6.53. The first-order chi connectivity index (χ1) is 11.5. The lowest BCUT2D eigenvalue weighted by Gasteiger charge is -2.26. The maximum Gasteiger partial charge on any atom is 0.274 e. The van der Waals surface area contributed by atoms with Crippen LogP contribution in [0.5, 0.6) is 0 Å². The van der Waals surface area contributed by atoms with E-state index in [-0.39, 0.29) is 11.6 Å². The summed E-state index contributed by atoms with van der Waals surface area (Å²) in [4.78, 5) is 16.6. The molecule has 2 aromatic heterocycles. The van der Waals surface area contributed by atoms with E-state index in [0.717, 1.165) is 5.56 Å². The Hall–Kier alpha value is -2.53. The number of aromatic nitrogens is 1. The molecule has 0 atom stereocenters. The van der Waals surface area contributed by atoms with Crippen LogP contribution in [-0.4, -0.2) is 16.4 Å². The maximum absolute atomic E-state index is 12.6. The van der Waals surface area contributed by atoms with Crippen molar-refractivity contribution in [1.29, 1.82) is 0 Å². The van der Waals surface area contributed by atoms with Crippen LogP contribution in [0.15, 0.2) is 57.9 Å². The van der Waals surface area contributed by atoms with E-state index in [4.69, 9.17) is 20.4 Å². The summed E-state index contributed by atoms with van der Waals surface area (Å²) in [5, 5.41) is 3.65. The van der Waals surface area contributed by atoms with Gasteiger partial charge in [0.25, 0.3) is 5.91 Å². The maximum atomic E-state index is 12.6. The molecule has 3 rings (SSSR count). The number of carbonyl (C=O) groups excluding carboxylic acids is 1. The summed E-state index contributed by atoms with van der Waals surface area (Å²) in [5.74, 6) is 0.444. The third-order valence-electron chi connectivity index (χ3n) is 3.57. The van der Waals surface area contributed by atoms with Gasteiger partial charge in [0.2, 0.25) is 5.76 Å². The zero-order valence-corrected chi connectivity index (χ0v) is 14.1. The third kappa shape index (κ3) is 3.51. The van der Waals surface area contributed by atoms with E-state index in [1.165, 1.54) is 12.7 Å². The first kappa shape index (κ1) is 16.3. The molecule has 1 aromatic carbocycles. The van der Waals surface area contributed by atoms with E-state index < -0.39 is 5.54 Å². The van der Waals surface area contributed by atoms with Gasteiger partial charge in [0.1, 0.15) is 0 Å². The smallest absolute Gasteiger partial charge is 0.274 e. The molecule has 0 aliphatic carbocycles. The first-order valence-electron chi connectivity index (χ1n) is 7.49. The summed E-state index contributed by atoms with van der Waals surface area (Å²) in [5.41, 5.74) is 0.648. The molecule has 3 aromatic rings. The van der Waals surface area contributed by atoms with Gasteiger partial charge in [-0.3, -0.25) is 4.79 Å². The van der Waals surface area contributed by atoms with Crippen molar-refractivity contribution in [2.24, 2.45) is 0 Å². The number of oxazole rings is 1. The molecule has 0 radical (unpaired) electrons. The van der Waals surface area contributed by atoms with Crippen molar-refractivity contribution in [3.63, 3.8) is 0 Å². The molecule has 0 spiro atoms. The highest BCUT2D eigenvalue weighted by Gasteiger charge is 2.27. The van der Waals surface area contributed by atoms with Crippen molar-refractivity contribution >= 4 is 17.5 Å². The Kier molecular flexibility index (Phi) is 4.44. The Bertz CT molecular complexity index is 838. The van der Waals surface area contributed by atoms with Crippen LogP contribution in [0, 0.1) is 0 Å². The highest BCUT2D eigenvalue weighted by molar-refractivity contribution is 6.31. The van der Waals surface area contributed by atoms with Gasteiger partial charge >= 0.3 is 0 Å². The fourth-order valence-corrected chi connectivity index (χ4v) is 2.72. The molecule has 0 saturated carbocycles. The number of benzene rings is 1. The van der Waals surface area contributed by atoms with Crippen LogP contribution in [-0.2, 0) is 6.42 Å². The summed E-state index contributed by atoms with van der Waals surface area (Å²) in [6.07, 6.45) is 3.33. The molecule has 24 heavy (non-hydrogen) atoms. The van der Waals surface area contributed by atoms with E-state index in [1.807, 2.05) is 38.1 Å². The largest absolute Gasteiger partial charge is 0.461 e. The molecule has 1 N–H and O–H groups in total. The van der Waals surface area contributed by atoms with Crippen molar-refractivity contribution in [2.75, 3.05) is 0 Å². The molecule has 0 fully saturated rings. The van der Waals surface area contributed by atoms with Gasteiger partial charge in [0, 0.05) is 10.6 Å². The Morgan fingerprint density at radius 3 is 2.71 bits per heavy atom. The monoisotopic (exact) mass is 344 g/mol. The number of furan rings is 1. The van der Waals surface area contributed by atoms with Gasteiger partial charge in [-0.2, -0.15) is 0 Å². The second-order valence-corrected chi connectivity index (χ2v) is 6.52. The molecule has 5 nitrogen and oxygen atoms in total. The number of halogens is 1. The highest BCUT2D eigenvalue weighted by atomic mass is 35.5. The van der Waals surface area contributed by atoms with E-state index in [1.54, 1.807) is 12.1 Å². The zero-order valence-electron chi connectivity index (χ0n) is 13.4. The lowest BCUT2D eigenvalue weighted by atomic mass is 9.94. The summed E-state index contributed by atoms with van der Waals surface area (Å²) >= 11 is 6.21. The van der Waals surface area contributed by atoms with Gasteiger partial charge in [-0.1, -0.05) is 29.8 Å². The highest BCUT2D eigenvalue weighted by Crippen LogP contribution is 2.25. The molecule has 6 heteroatoms. The molecule has 1 amide bonds. The van der Waals surface area contributed by atoms with Crippen LogP contribution in [0.25, 0.3) is 11.5 Å². The Morgan fingerprint density at radius 1 is 1.21 bits per heavy atom. The molecule has 0 aliphatic rings. The third-order valence-corrected chi connectivity index (χ3v) is 3.94. The number of nitrogens with one attached hydrogen (secondary N) is 1. The van der Waals surface area contributed by atoms with Crippen LogP contribution in [0.2, 0.25) is 5.02 Å². The summed E-state index contributed by atoms with van der Waals surface area (Å²) in [6, 6.07) is 11.0. The average molecular weight is 345 g/mol. The SMILES string of the molecule is CC(C)(Cc1ccccc1Cl)NC(=O)c1ncoc1-c1ccco1. The first-order valence-corrected chi connectivity index (χ1v) is 7.87. The number of carbonyl (C=O) groups is 1. The van der Waals surface area contributed by atoms with Gasteiger partial charge in [-0.05, 0) is 44.0 Å². The predicted octanol–water partition coefficient (Wildman–Crippen LogP) is 4.34.